The molecule has 148 valence electrons. The Labute approximate surface area is 178 Å². The number of hydrogen-bond donors (Lipinski definition) is 1. The van der Waals surface area contributed by atoms with Crippen molar-refractivity contribution in [3.05, 3.63) is 87.7 Å². The summed E-state index contributed by atoms with van der Waals surface area (Å²) in [6.07, 6.45) is 4.51. The Balaban J connectivity index is 1.68. The predicted molar refractivity (Wildman–Crippen MR) is 113 cm³/mol. The highest BCUT2D eigenvalue weighted by molar-refractivity contribution is 6.32. The molecule has 0 spiro atoms. The average molecular weight is 430 g/mol. The minimum absolute atomic E-state index is 0.307. The van der Waals surface area contributed by atoms with Crippen LogP contribution in [0.1, 0.15) is 21.5 Å². The lowest BCUT2D eigenvalue weighted by Crippen LogP contribution is -2.17. The predicted octanol–water partition coefficient (Wildman–Crippen LogP) is 4.74. The Kier molecular flexibility index (Phi) is 7.05. The van der Waals surface area contributed by atoms with Crippen molar-refractivity contribution in [1.29, 1.82) is 0 Å². The van der Waals surface area contributed by atoms with Gasteiger partial charge in [-0.05, 0) is 47.5 Å². The van der Waals surface area contributed by atoms with Crippen LogP contribution in [0.15, 0.2) is 66.0 Å². The summed E-state index contributed by atoms with van der Waals surface area (Å²) in [5.41, 5.74) is 4.42. The SMILES string of the molecule is COc1cc(C=NNC(=O)c2cccnc2)cc(Cl)c1OCc1ccc(Cl)cc1. The summed E-state index contributed by atoms with van der Waals surface area (Å²) in [5, 5.41) is 4.96. The van der Waals surface area contributed by atoms with Crippen molar-refractivity contribution < 1.29 is 14.3 Å². The van der Waals surface area contributed by atoms with Crippen LogP contribution in [0.2, 0.25) is 10.0 Å². The molecule has 3 rings (SSSR count). The Morgan fingerprint density at radius 3 is 2.69 bits per heavy atom. The van der Waals surface area contributed by atoms with Crippen LogP contribution in [0.4, 0.5) is 0 Å². The number of halogens is 2. The number of nitrogens with zero attached hydrogens (tertiary/aromatic N) is 2. The quantitative estimate of drug-likeness (QED) is 0.434. The standard InChI is InChI=1S/C21H17Cl2N3O3/c1-28-19-10-15(11-25-26-21(27)16-3-2-8-24-12-16)9-18(23)20(19)29-13-14-4-6-17(22)7-5-14/h2-12H,13H2,1H3,(H,26,27). The summed E-state index contributed by atoms with van der Waals surface area (Å²) < 4.78 is 11.2. The molecule has 0 fully saturated rings. The molecule has 0 radical (unpaired) electrons. The number of aromatic nitrogens is 1. The number of carbonyl (C=O) groups is 1. The maximum atomic E-state index is 12.0. The van der Waals surface area contributed by atoms with Crippen molar-refractivity contribution >= 4 is 35.3 Å². The molecule has 3 aromatic rings. The van der Waals surface area contributed by atoms with E-state index < -0.39 is 0 Å². The first kappa shape index (κ1) is 20.6. The van der Waals surface area contributed by atoms with Crippen molar-refractivity contribution in [2.75, 3.05) is 7.11 Å². The Morgan fingerprint density at radius 2 is 2.00 bits per heavy atom. The molecule has 6 nitrogen and oxygen atoms in total. The van der Waals surface area contributed by atoms with Crippen molar-refractivity contribution in [1.82, 2.24) is 10.4 Å². The van der Waals surface area contributed by atoms with Crippen molar-refractivity contribution in [2.24, 2.45) is 5.10 Å². The molecule has 0 aliphatic heterocycles. The fourth-order valence-electron chi connectivity index (χ4n) is 2.42. The fraction of sp³-hybridized carbons (Fsp3) is 0.0952. The molecule has 0 unspecified atom stereocenters. The fourth-order valence-corrected chi connectivity index (χ4v) is 2.82. The molecule has 29 heavy (non-hydrogen) atoms. The number of hydrazone groups is 1. The van der Waals surface area contributed by atoms with Gasteiger partial charge >= 0.3 is 0 Å². The molecule has 0 saturated heterocycles. The molecule has 1 amide bonds. The van der Waals surface area contributed by atoms with Crippen LogP contribution < -0.4 is 14.9 Å². The van der Waals surface area contributed by atoms with Crippen LogP contribution in [-0.4, -0.2) is 24.2 Å². The lowest BCUT2D eigenvalue weighted by atomic mass is 10.2. The number of methoxy groups -OCH3 is 1. The third-order valence-electron chi connectivity index (χ3n) is 3.85. The van der Waals surface area contributed by atoms with Gasteiger partial charge in [-0.25, -0.2) is 5.43 Å². The molecule has 2 aromatic carbocycles. The highest BCUT2D eigenvalue weighted by atomic mass is 35.5. The van der Waals surface area contributed by atoms with Crippen molar-refractivity contribution in [2.45, 2.75) is 6.61 Å². The zero-order chi connectivity index (χ0) is 20.6. The Bertz CT molecular complexity index is 1010. The van der Waals surface area contributed by atoms with E-state index in [1.165, 1.54) is 19.5 Å². The van der Waals surface area contributed by atoms with Gasteiger partial charge in [0, 0.05) is 17.4 Å². The number of carbonyl (C=O) groups excluding carboxylic acids is 1. The van der Waals surface area contributed by atoms with E-state index in [9.17, 15) is 4.79 Å². The third kappa shape index (κ3) is 5.70. The summed E-state index contributed by atoms with van der Waals surface area (Å²) >= 11 is 12.3. The van der Waals surface area contributed by atoms with E-state index in [2.05, 4.69) is 15.5 Å². The summed E-state index contributed by atoms with van der Waals surface area (Å²) in [7, 11) is 1.52. The highest BCUT2D eigenvalue weighted by Crippen LogP contribution is 2.36. The number of ether oxygens (including phenoxy) is 2. The zero-order valence-corrected chi connectivity index (χ0v) is 16.9. The largest absolute Gasteiger partial charge is 0.493 e. The monoisotopic (exact) mass is 429 g/mol. The van der Waals surface area contributed by atoms with Gasteiger partial charge < -0.3 is 9.47 Å². The second-order valence-corrected chi connectivity index (χ2v) is 6.73. The molecule has 0 bridgehead atoms. The van der Waals surface area contributed by atoms with Crippen molar-refractivity contribution in [3.63, 3.8) is 0 Å². The first-order chi connectivity index (χ1) is 14.1. The molecule has 8 heteroatoms. The number of pyridine rings is 1. The average Bonchev–Trinajstić information content (AvgIpc) is 2.74. The maximum Gasteiger partial charge on any atom is 0.272 e. The maximum absolute atomic E-state index is 12.0. The van der Waals surface area contributed by atoms with Gasteiger partial charge in [0.05, 0.1) is 23.9 Å². The van der Waals surface area contributed by atoms with Gasteiger partial charge in [0.1, 0.15) is 6.61 Å². The smallest absolute Gasteiger partial charge is 0.272 e. The normalized spacial score (nSPS) is 10.7. The van der Waals surface area contributed by atoms with Crippen LogP contribution in [-0.2, 0) is 6.61 Å². The Morgan fingerprint density at radius 1 is 1.21 bits per heavy atom. The first-order valence-electron chi connectivity index (χ1n) is 8.55. The van der Waals surface area contributed by atoms with Gasteiger partial charge in [-0.15, -0.1) is 0 Å². The number of benzene rings is 2. The van der Waals surface area contributed by atoms with Gasteiger partial charge in [0.15, 0.2) is 11.5 Å². The summed E-state index contributed by atoms with van der Waals surface area (Å²) in [6, 6.07) is 14.0. The van der Waals surface area contributed by atoms with Crippen LogP contribution in [0.3, 0.4) is 0 Å². The molecule has 1 aromatic heterocycles. The minimum Gasteiger partial charge on any atom is -0.493 e. The number of rotatable bonds is 7. The van der Waals surface area contributed by atoms with E-state index in [4.69, 9.17) is 32.7 Å². The topological polar surface area (TPSA) is 72.8 Å². The molecule has 0 aliphatic rings. The Hall–Kier alpha value is -3.09. The van der Waals surface area contributed by atoms with Gasteiger partial charge in [0.25, 0.3) is 5.91 Å². The molecule has 1 N–H and O–H groups in total. The number of nitrogens with one attached hydrogen (secondary N) is 1. The molecule has 0 aliphatic carbocycles. The number of hydrogen-bond acceptors (Lipinski definition) is 5. The summed E-state index contributed by atoms with van der Waals surface area (Å²) in [5.74, 6) is 0.502. The van der Waals surface area contributed by atoms with Gasteiger partial charge in [-0.1, -0.05) is 35.3 Å². The van der Waals surface area contributed by atoms with Crippen LogP contribution >= 0.6 is 23.2 Å². The van der Waals surface area contributed by atoms with Crippen LogP contribution in [0.5, 0.6) is 11.5 Å². The van der Waals surface area contributed by atoms with E-state index in [1.54, 1.807) is 42.6 Å². The van der Waals surface area contributed by atoms with E-state index >= 15 is 0 Å². The second kappa shape index (κ2) is 9.91. The molecule has 0 saturated carbocycles. The minimum atomic E-state index is -0.365. The van der Waals surface area contributed by atoms with Gasteiger partial charge in [-0.3, -0.25) is 9.78 Å². The van der Waals surface area contributed by atoms with Crippen LogP contribution in [0, 0.1) is 0 Å². The lowest BCUT2D eigenvalue weighted by molar-refractivity contribution is 0.0955. The molecule has 1 heterocycles. The molecule has 0 atom stereocenters. The summed E-state index contributed by atoms with van der Waals surface area (Å²) in [4.78, 5) is 15.9. The third-order valence-corrected chi connectivity index (χ3v) is 4.38. The first-order valence-corrected chi connectivity index (χ1v) is 9.30. The zero-order valence-electron chi connectivity index (χ0n) is 15.4. The molecular weight excluding hydrogens is 413 g/mol. The lowest BCUT2D eigenvalue weighted by Gasteiger charge is -2.13. The number of amides is 1. The van der Waals surface area contributed by atoms with Crippen LogP contribution in [0.25, 0.3) is 0 Å². The van der Waals surface area contributed by atoms with E-state index in [0.29, 0.717) is 39.3 Å². The van der Waals surface area contributed by atoms with E-state index in [-0.39, 0.29) is 5.91 Å². The van der Waals surface area contributed by atoms with Crippen molar-refractivity contribution in [3.8, 4) is 11.5 Å². The second-order valence-electron chi connectivity index (χ2n) is 5.89. The van der Waals surface area contributed by atoms with E-state index in [1.807, 2.05) is 12.1 Å². The molecular formula is C21H17Cl2N3O3. The van der Waals surface area contributed by atoms with E-state index in [0.717, 1.165) is 5.56 Å². The van der Waals surface area contributed by atoms with Gasteiger partial charge in [-0.2, -0.15) is 5.10 Å². The van der Waals surface area contributed by atoms with Gasteiger partial charge in [0.2, 0.25) is 0 Å². The summed E-state index contributed by atoms with van der Waals surface area (Å²) in [6.45, 7) is 0.307. The highest BCUT2D eigenvalue weighted by Gasteiger charge is 2.12.